The van der Waals surface area contributed by atoms with Gasteiger partial charge in [-0.2, -0.15) is 0 Å². The van der Waals surface area contributed by atoms with Crippen molar-refractivity contribution in [2.24, 2.45) is 5.41 Å². The molecule has 0 bridgehead atoms. The maximum atomic E-state index is 14.7. The molecule has 2 rings (SSSR count). The molecule has 0 atom stereocenters. The second-order valence-corrected chi connectivity index (χ2v) is 6.64. The van der Waals surface area contributed by atoms with E-state index in [1.54, 1.807) is 6.20 Å². The number of carbonyl (C=O) groups is 1. The van der Waals surface area contributed by atoms with Crippen molar-refractivity contribution in [1.29, 1.82) is 0 Å². The molecular formula is C15H23FN4O. The molecule has 0 aromatic carbocycles. The topological polar surface area (TPSA) is 58.1 Å². The van der Waals surface area contributed by atoms with Gasteiger partial charge in [0.15, 0.2) is 0 Å². The van der Waals surface area contributed by atoms with Gasteiger partial charge in [-0.25, -0.2) is 14.4 Å². The smallest absolute Gasteiger partial charge is 0.225 e. The van der Waals surface area contributed by atoms with Crippen molar-refractivity contribution in [3.8, 4) is 0 Å². The molecule has 1 fully saturated rings. The first kappa shape index (κ1) is 15.7. The lowest BCUT2D eigenvalue weighted by molar-refractivity contribution is -0.129. The van der Waals surface area contributed by atoms with Crippen molar-refractivity contribution in [3.63, 3.8) is 0 Å². The summed E-state index contributed by atoms with van der Waals surface area (Å²) in [4.78, 5) is 21.9. The van der Waals surface area contributed by atoms with Crippen molar-refractivity contribution >= 4 is 11.7 Å². The molecule has 6 heteroatoms. The Bertz CT molecular complexity index is 478. The predicted octanol–water partition coefficient (Wildman–Crippen LogP) is 1.95. The van der Waals surface area contributed by atoms with Crippen LogP contribution in [-0.2, 0) is 4.79 Å². The van der Waals surface area contributed by atoms with Crippen LogP contribution < -0.4 is 10.2 Å². The van der Waals surface area contributed by atoms with E-state index in [0.29, 0.717) is 25.9 Å². The SMILES string of the molecule is CC(C)(C)C(=O)NCC1(F)CCN(c2ccncn2)CC1. The van der Waals surface area contributed by atoms with Crippen molar-refractivity contribution in [3.05, 3.63) is 18.6 Å². The van der Waals surface area contributed by atoms with Gasteiger partial charge in [0.1, 0.15) is 17.8 Å². The first-order valence-electron chi connectivity index (χ1n) is 7.28. The largest absolute Gasteiger partial charge is 0.356 e. The van der Waals surface area contributed by atoms with Gasteiger partial charge < -0.3 is 10.2 Å². The second-order valence-electron chi connectivity index (χ2n) is 6.64. The molecule has 2 heterocycles. The fraction of sp³-hybridized carbons (Fsp3) is 0.667. The van der Waals surface area contributed by atoms with Crippen LogP contribution >= 0.6 is 0 Å². The Labute approximate surface area is 125 Å². The second kappa shape index (κ2) is 5.95. The van der Waals surface area contributed by atoms with E-state index in [-0.39, 0.29) is 12.5 Å². The van der Waals surface area contributed by atoms with Crippen LogP contribution in [0.5, 0.6) is 0 Å². The summed E-state index contributed by atoms with van der Waals surface area (Å²) in [5.41, 5.74) is -1.82. The molecule has 21 heavy (non-hydrogen) atoms. The van der Waals surface area contributed by atoms with Gasteiger partial charge in [0.25, 0.3) is 0 Å². The Morgan fingerprint density at radius 3 is 2.62 bits per heavy atom. The first-order chi connectivity index (χ1) is 9.80. The van der Waals surface area contributed by atoms with E-state index in [9.17, 15) is 9.18 Å². The van der Waals surface area contributed by atoms with E-state index in [0.717, 1.165) is 5.82 Å². The number of anilines is 1. The number of nitrogens with zero attached hydrogens (tertiary/aromatic N) is 3. The Morgan fingerprint density at radius 2 is 2.10 bits per heavy atom. The van der Waals surface area contributed by atoms with Crippen LogP contribution in [0.25, 0.3) is 0 Å². The highest BCUT2D eigenvalue weighted by Gasteiger charge is 2.36. The normalized spacial score (nSPS) is 18.4. The molecule has 0 radical (unpaired) electrons. The van der Waals surface area contributed by atoms with E-state index >= 15 is 0 Å². The van der Waals surface area contributed by atoms with Crippen LogP contribution in [0.1, 0.15) is 33.6 Å². The Balaban J connectivity index is 1.86. The van der Waals surface area contributed by atoms with Crippen LogP contribution in [0.15, 0.2) is 18.6 Å². The van der Waals surface area contributed by atoms with Gasteiger partial charge in [-0.1, -0.05) is 20.8 Å². The number of halogens is 1. The third-order valence-corrected chi connectivity index (χ3v) is 3.80. The minimum absolute atomic E-state index is 0.0840. The van der Waals surface area contributed by atoms with Crippen molar-refractivity contribution in [1.82, 2.24) is 15.3 Å². The highest BCUT2D eigenvalue weighted by molar-refractivity contribution is 5.81. The van der Waals surface area contributed by atoms with Gasteiger partial charge in [0, 0.05) is 37.5 Å². The molecule has 1 aliphatic rings. The molecule has 1 amide bonds. The lowest BCUT2D eigenvalue weighted by Crippen LogP contribution is -2.50. The van der Waals surface area contributed by atoms with E-state index in [1.807, 2.05) is 31.7 Å². The molecule has 116 valence electrons. The quantitative estimate of drug-likeness (QED) is 0.925. The number of alkyl halides is 1. The summed E-state index contributed by atoms with van der Waals surface area (Å²) in [6, 6.07) is 1.83. The average Bonchev–Trinajstić information content (AvgIpc) is 2.45. The number of hydrogen-bond donors (Lipinski definition) is 1. The molecule has 0 saturated carbocycles. The number of amides is 1. The molecule has 1 aromatic heterocycles. The molecule has 1 aromatic rings. The summed E-state index contributed by atoms with van der Waals surface area (Å²) in [5.74, 6) is 0.712. The van der Waals surface area contributed by atoms with Crippen LogP contribution in [-0.4, -0.2) is 41.2 Å². The Kier molecular flexibility index (Phi) is 4.44. The summed E-state index contributed by atoms with van der Waals surface area (Å²) >= 11 is 0. The zero-order valence-corrected chi connectivity index (χ0v) is 12.9. The summed E-state index contributed by atoms with van der Waals surface area (Å²) in [6.45, 7) is 6.75. The van der Waals surface area contributed by atoms with E-state index in [1.165, 1.54) is 6.33 Å². The van der Waals surface area contributed by atoms with Crippen molar-refractivity contribution in [2.45, 2.75) is 39.3 Å². The first-order valence-corrected chi connectivity index (χ1v) is 7.28. The Morgan fingerprint density at radius 1 is 1.43 bits per heavy atom. The minimum atomic E-state index is -1.33. The number of aromatic nitrogens is 2. The summed E-state index contributed by atoms with van der Waals surface area (Å²) in [6.07, 6.45) is 3.96. The monoisotopic (exact) mass is 294 g/mol. The zero-order valence-electron chi connectivity index (χ0n) is 12.9. The van der Waals surface area contributed by atoms with E-state index in [4.69, 9.17) is 0 Å². The van der Waals surface area contributed by atoms with Crippen molar-refractivity contribution < 1.29 is 9.18 Å². The van der Waals surface area contributed by atoms with Gasteiger partial charge in [0.2, 0.25) is 5.91 Å². The fourth-order valence-corrected chi connectivity index (χ4v) is 2.29. The standard InChI is InChI=1S/C15H23FN4O/c1-14(2,3)13(21)18-10-15(16)5-8-20(9-6-15)12-4-7-17-11-19-12/h4,7,11H,5-6,8-10H2,1-3H3,(H,18,21). The van der Waals surface area contributed by atoms with Gasteiger partial charge in [0.05, 0.1) is 6.54 Å². The third-order valence-electron chi connectivity index (χ3n) is 3.80. The molecule has 0 unspecified atom stereocenters. The number of carbonyl (C=O) groups excluding carboxylic acids is 1. The summed E-state index contributed by atoms with van der Waals surface area (Å²) in [7, 11) is 0. The van der Waals surface area contributed by atoms with Crippen LogP contribution in [0.4, 0.5) is 10.2 Å². The molecule has 1 N–H and O–H groups in total. The number of rotatable bonds is 3. The van der Waals surface area contributed by atoms with Gasteiger partial charge in [-0.05, 0) is 6.07 Å². The van der Waals surface area contributed by atoms with Crippen LogP contribution in [0, 0.1) is 5.41 Å². The predicted molar refractivity (Wildman–Crippen MR) is 79.8 cm³/mol. The lowest BCUT2D eigenvalue weighted by Gasteiger charge is -2.37. The molecule has 0 spiro atoms. The fourth-order valence-electron chi connectivity index (χ4n) is 2.29. The number of nitrogens with one attached hydrogen (secondary N) is 1. The van der Waals surface area contributed by atoms with Crippen LogP contribution in [0.2, 0.25) is 0 Å². The third kappa shape index (κ3) is 4.12. The maximum absolute atomic E-state index is 14.7. The van der Waals surface area contributed by atoms with Gasteiger partial charge in [-0.15, -0.1) is 0 Å². The molecule has 1 saturated heterocycles. The maximum Gasteiger partial charge on any atom is 0.225 e. The average molecular weight is 294 g/mol. The molecule has 5 nitrogen and oxygen atoms in total. The number of hydrogen-bond acceptors (Lipinski definition) is 4. The highest BCUT2D eigenvalue weighted by atomic mass is 19.1. The van der Waals surface area contributed by atoms with Crippen molar-refractivity contribution in [2.75, 3.05) is 24.5 Å². The molecular weight excluding hydrogens is 271 g/mol. The minimum Gasteiger partial charge on any atom is -0.356 e. The van der Waals surface area contributed by atoms with Gasteiger partial charge in [-0.3, -0.25) is 4.79 Å². The highest BCUT2D eigenvalue weighted by Crippen LogP contribution is 2.28. The molecule has 0 aliphatic carbocycles. The number of piperidine rings is 1. The summed E-state index contributed by atoms with van der Waals surface area (Å²) in [5, 5.41) is 2.73. The molecule has 1 aliphatic heterocycles. The van der Waals surface area contributed by atoms with E-state index in [2.05, 4.69) is 15.3 Å². The zero-order chi connectivity index (χ0) is 15.5. The van der Waals surface area contributed by atoms with E-state index < -0.39 is 11.1 Å². The summed E-state index contributed by atoms with van der Waals surface area (Å²) < 4.78 is 14.7. The van der Waals surface area contributed by atoms with Crippen LogP contribution in [0.3, 0.4) is 0 Å². The lowest BCUT2D eigenvalue weighted by atomic mass is 9.91. The Hall–Kier alpha value is -1.72. The van der Waals surface area contributed by atoms with Gasteiger partial charge >= 0.3 is 0 Å².